The highest BCUT2D eigenvalue weighted by molar-refractivity contribution is 4.80. The molecule has 1 saturated heterocycles. The van der Waals surface area contributed by atoms with Crippen molar-refractivity contribution in [2.45, 2.75) is 19.0 Å². The number of methoxy groups -OCH3 is 2. The zero-order valence-corrected chi connectivity index (χ0v) is 5.30. The number of epoxide rings is 1. The molecular weight excluding hydrogens is 108 g/mol. The molecule has 3 nitrogen and oxygen atoms in total. The summed E-state index contributed by atoms with van der Waals surface area (Å²) < 4.78 is 14.7. The van der Waals surface area contributed by atoms with Gasteiger partial charge in [0.15, 0.2) is 0 Å². The van der Waals surface area contributed by atoms with Gasteiger partial charge in [-0.3, -0.25) is 0 Å². The Balaban J connectivity index is 2.39. The largest absolute Gasteiger partial charge is 0.329 e. The molecule has 1 fully saturated rings. The van der Waals surface area contributed by atoms with Crippen LogP contribution < -0.4 is 0 Å². The molecule has 0 aromatic carbocycles. The minimum Gasteiger partial charge on any atom is -0.329 e. The van der Waals surface area contributed by atoms with Crippen LogP contribution >= 0.6 is 0 Å². The summed E-state index contributed by atoms with van der Waals surface area (Å²) in [6.45, 7) is 1.90. The fraction of sp³-hybridized carbons (Fsp3) is 1.00. The Bertz CT molecular complexity index is 82.2. The van der Waals surface area contributed by atoms with Gasteiger partial charge in [-0.25, -0.2) is 0 Å². The van der Waals surface area contributed by atoms with E-state index in [1.54, 1.807) is 14.2 Å². The highest BCUT2D eigenvalue weighted by Gasteiger charge is 2.55. The van der Waals surface area contributed by atoms with E-state index >= 15 is 0 Å². The molecule has 1 aliphatic heterocycles. The summed E-state index contributed by atoms with van der Waals surface area (Å²) in [7, 11) is 3.12. The average molecular weight is 118 g/mol. The van der Waals surface area contributed by atoms with Gasteiger partial charge < -0.3 is 14.2 Å². The van der Waals surface area contributed by atoms with Gasteiger partial charge in [0, 0.05) is 14.2 Å². The number of hydrogen-bond donors (Lipinski definition) is 0. The van der Waals surface area contributed by atoms with E-state index in [1.807, 2.05) is 6.92 Å². The second-order valence-electron chi connectivity index (χ2n) is 1.77. The first-order valence-electron chi connectivity index (χ1n) is 2.53. The maximum atomic E-state index is 4.96. The molecule has 0 aromatic rings. The molecule has 0 aromatic heterocycles. The van der Waals surface area contributed by atoms with Crippen LogP contribution in [0.4, 0.5) is 0 Å². The van der Waals surface area contributed by atoms with E-state index in [0.29, 0.717) is 0 Å². The van der Waals surface area contributed by atoms with Crippen molar-refractivity contribution in [1.29, 1.82) is 0 Å². The number of rotatable bonds is 2. The SMILES string of the molecule is COC1(OC)OC1C. The summed E-state index contributed by atoms with van der Waals surface area (Å²) in [5.74, 6) is -0.708. The minimum absolute atomic E-state index is 0.0810. The molecule has 0 bridgehead atoms. The molecule has 48 valence electrons. The second kappa shape index (κ2) is 1.69. The molecule has 1 unspecified atom stereocenters. The van der Waals surface area contributed by atoms with Crippen LogP contribution in [0.15, 0.2) is 0 Å². The third kappa shape index (κ3) is 0.632. The average Bonchev–Trinajstić information content (AvgIpc) is 2.43. The van der Waals surface area contributed by atoms with Crippen LogP contribution in [0.5, 0.6) is 0 Å². The van der Waals surface area contributed by atoms with Crippen LogP contribution in [0.1, 0.15) is 6.92 Å². The highest BCUT2D eigenvalue weighted by Crippen LogP contribution is 2.36. The van der Waals surface area contributed by atoms with Crippen LogP contribution in [0.3, 0.4) is 0 Å². The number of ether oxygens (including phenoxy) is 3. The molecule has 1 rings (SSSR count). The van der Waals surface area contributed by atoms with Gasteiger partial charge in [0.25, 0.3) is 0 Å². The molecule has 0 radical (unpaired) electrons. The van der Waals surface area contributed by atoms with Gasteiger partial charge in [0.2, 0.25) is 0 Å². The monoisotopic (exact) mass is 118 g/mol. The Labute approximate surface area is 48.5 Å². The van der Waals surface area contributed by atoms with Gasteiger partial charge in [-0.2, -0.15) is 0 Å². The van der Waals surface area contributed by atoms with Gasteiger partial charge in [-0.1, -0.05) is 0 Å². The fourth-order valence-electron chi connectivity index (χ4n) is 0.724. The molecule has 0 aliphatic carbocycles. The summed E-state index contributed by atoms with van der Waals surface area (Å²) in [5.41, 5.74) is 0. The molecule has 0 spiro atoms. The molecule has 0 amide bonds. The number of hydrogen-bond acceptors (Lipinski definition) is 3. The normalized spacial score (nSPS) is 32.6. The first-order valence-corrected chi connectivity index (χ1v) is 2.53. The fourth-order valence-corrected chi connectivity index (χ4v) is 0.724. The summed E-state index contributed by atoms with van der Waals surface area (Å²) in [6, 6.07) is 0. The van der Waals surface area contributed by atoms with Gasteiger partial charge >= 0.3 is 5.97 Å². The van der Waals surface area contributed by atoms with Gasteiger partial charge in [-0.05, 0) is 6.92 Å². The van der Waals surface area contributed by atoms with Crippen LogP contribution in [0.25, 0.3) is 0 Å². The second-order valence-corrected chi connectivity index (χ2v) is 1.77. The van der Waals surface area contributed by atoms with Crippen molar-refractivity contribution < 1.29 is 14.2 Å². The lowest BCUT2D eigenvalue weighted by atomic mass is 10.5. The van der Waals surface area contributed by atoms with Gasteiger partial charge in [-0.15, -0.1) is 0 Å². The Morgan fingerprint density at radius 1 is 1.38 bits per heavy atom. The van der Waals surface area contributed by atoms with E-state index in [4.69, 9.17) is 14.2 Å². The topological polar surface area (TPSA) is 31.0 Å². The minimum atomic E-state index is -0.708. The van der Waals surface area contributed by atoms with E-state index < -0.39 is 5.97 Å². The lowest BCUT2D eigenvalue weighted by molar-refractivity contribution is -0.196. The predicted octanol–water partition coefficient (Wildman–Crippen LogP) is 0.352. The third-order valence-corrected chi connectivity index (χ3v) is 1.35. The molecule has 3 heteroatoms. The van der Waals surface area contributed by atoms with Crippen molar-refractivity contribution in [3.05, 3.63) is 0 Å². The molecule has 1 atom stereocenters. The van der Waals surface area contributed by atoms with Crippen LogP contribution in [-0.4, -0.2) is 26.3 Å². The molecule has 1 heterocycles. The van der Waals surface area contributed by atoms with Crippen molar-refractivity contribution in [2.24, 2.45) is 0 Å². The Morgan fingerprint density at radius 3 is 1.75 bits per heavy atom. The van der Waals surface area contributed by atoms with Crippen molar-refractivity contribution in [3.63, 3.8) is 0 Å². The molecule has 8 heavy (non-hydrogen) atoms. The maximum absolute atomic E-state index is 4.96. The quantitative estimate of drug-likeness (QED) is 0.387. The van der Waals surface area contributed by atoms with Crippen molar-refractivity contribution in [1.82, 2.24) is 0 Å². The maximum Gasteiger partial charge on any atom is 0.310 e. The smallest absolute Gasteiger partial charge is 0.310 e. The van der Waals surface area contributed by atoms with E-state index in [9.17, 15) is 0 Å². The van der Waals surface area contributed by atoms with Gasteiger partial charge in [0.05, 0.1) is 0 Å². The van der Waals surface area contributed by atoms with E-state index in [-0.39, 0.29) is 6.10 Å². The first kappa shape index (κ1) is 6.01. The van der Waals surface area contributed by atoms with Crippen LogP contribution in [-0.2, 0) is 14.2 Å². The predicted molar refractivity (Wildman–Crippen MR) is 27.3 cm³/mol. The Morgan fingerprint density at radius 2 is 1.75 bits per heavy atom. The summed E-state index contributed by atoms with van der Waals surface area (Å²) in [4.78, 5) is 0. The van der Waals surface area contributed by atoms with E-state index in [2.05, 4.69) is 0 Å². The standard InChI is InChI=1S/C5H10O3/c1-4-5(6-2,7-3)8-4/h4H,1-3H3. The Hall–Kier alpha value is -0.120. The zero-order valence-electron chi connectivity index (χ0n) is 5.30. The van der Waals surface area contributed by atoms with Crippen molar-refractivity contribution >= 4 is 0 Å². The first-order chi connectivity index (χ1) is 3.75. The lowest BCUT2D eigenvalue weighted by Gasteiger charge is -2.04. The zero-order chi connectivity index (χ0) is 6.20. The lowest BCUT2D eigenvalue weighted by Crippen LogP contribution is -2.18. The van der Waals surface area contributed by atoms with Crippen molar-refractivity contribution in [2.75, 3.05) is 14.2 Å². The van der Waals surface area contributed by atoms with Gasteiger partial charge in [0.1, 0.15) is 6.10 Å². The van der Waals surface area contributed by atoms with Crippen LogP contribution in [0.2, 0.25) is 0 Å². The summed E-state index contributed by atoms with van der Waals surface area (Å²) in [6.07, 6.45) is 0.0810. The molecule has 1 aliphatic rings. The Kier molecular flexibility index (Phi) is 1.27. The summed E-state index contributed by atoms with van der Waals surface area (Å²) >= 11 is 0. The highest BCUT2D eigenvalue weighted by atomic mass is 16.9. The van der Waals surface area contributed by atoms with E-state index in [0.717, 1.165) is 0 Å². The molecular formula is C5H10O3. The van der Waals surface area contributed by atoms with Crippen molar-refractivity contribution in [3.8, 4) is 0 Å². The van der Waals surface area contributed by atoms with E-state index in [1.165, 1.54) is 0 Å². The van der Waals surface area contributed by atoms with Crippen LogP contribution in [0, 0.1) is 0 Å². The third-order valence-electron chi connectivity index (χ3n) is 1.35. The molecule has 0 saturated carbocycles. The molecule has 0 N–H and O–H groups in total. The summed E-state index contributed by atoms with van der Waals surface area (Å²) in [5, 5.41) is 0.